The van der Waals surface area contributed by atoms with Crippen LogP contribution in [0, 0.1) is 13.8 Å². The number of nitrogens with zero attached hydrogens (tertiary/aromatic N) is 7. The van der Waals surface area contributed by atoms with Crippen molar-refractivity contribution in [2.75, 3.05) is 0 Å². The quantitative estimate of drug-likeness (QED) is 0.350. The minimum atomic E-state index is -4.47. The fourth-order valence-electron chi connectivity index (χ4n) is 4.82. The number of pyridine rings is 1. The van der Waals surface area contributed by atoms with Crippen molar-refractivity contribution in [1.82, 2.24) is 34.7 Å². The van der Waals surface area contributed by atoms with Gasteiger partial charge in [-0.25, -0.2) is 19.9 Å². The summed E-state index contributed by atoms with van der Waals surface area (Å²) < 4.78 is 47.7. The van der Waals surface area contributed by atoms with E-state index in [1.54, 1.807) is 0 Å². The third-order valence-electron chi connectivity index (χ3n) is 7.08. The fourth-order valence-corrected chi connectivity index (χ4v) is 4.82. The van der Waals surface area contributed by atoms with Gasteiger partial charge in [-0.1, -0.05) is 0 Å². The van der Waals surface area contributed by atoms with Crippen LogP contribution >= 0.6 is 0 Å². The average Bonchev–Trinajstić information content (AvgIpc) is 3.59. The monoisotopic (exact) mass is 509 g/mol. The Morgan fingerprint density at radius 3 is 2.46 bits per heavy atom. The van der Waals surface area contributed by atoms with E-state index in [0.717, 1.165) is 36.4 Å². The van der Waals surface area contributed by atoms with Crippen molar-refractivity contribution in [2.24, 2.45) is 0 Å². The molecule has 5 heterocycles. The van der Waals surface area contributed by atoms with Crippen LogP contribution in [0.25, 0.3) is 22.6 Å². The van der Waals surface area contributed by atoms with Crippen molar-refractivity contribution >= 4 is 11.2 Å². The first-order valence-electron chi connectivity index (χ1n) is 12.4. The highest BCUT2D eigenvalue weighted by Crippen LogP contribution is 2.41. The number of hydrogen-bond acceptors (Lipinski definition) is 7. The number of fused-ring (bicyclic) bond motifs is 1. The van der Waals surface area contributed by atoms with Crippen LogP contribution in [-0.4, -0.2) is 40.8 Å². The van der Waals surface area contributed by atoms with Gasteiger partial charge in [-0.05, 0) is 58.6 Å². The zero-order chi connectivity index (χ0) is 25.9. The van der Waals surface area contributed by atoms with E-state index >= 15 is 0 Å². The average molecular weight is 510 g/mol. The van der Waals surface area contributed by atoms with E-state index in [4.69, 9.17) is 14.7 Å². The zero-order valence-corrected chi connectivity index (χ0v) is 20.7. The van der Waals surface area contributed by atoms with E-state index in [2.05, 4.69) is 26.2 Å². The normalized spacial score (nSPS) is 22.5. The number of aryl methyl sites for hydroxylation is 2. The lowest BCUT2D eigenvalue weighted by Gasteiger charge is -2.33. The molecular weight excluding hydrogens is 483 g/mol. The minimum absolute atomic E-state index is 0.0363. The van der Waals surface area contributed by atoms with Crippen molar-refractivity contribution < 1.29 is 17.9 Å². The van der Waals surface area contributed by atoms with Gasteiger partial charge >= 0.3 is 6.18 Å². The summed E-state index contributed by atoms with van der Waals surface area (Å²) in [4.78, 5) is 23.0. The number of ether oxygens (including phenoxy) is 1. The highest BCUT2D eigenvalue weighted by Gasteiger charge is 2.34. The molecule has 1 aliphatic heterocycles. The molecule has 4 aromatic heterocycles. The number of hydrogen-bond donors (Lipinski definition) is 0. The third-order valence-corrected chi connectivity index (χ3v) is 7.08. The lowest BCUT2D eigenvalue weighted by Crippen LogP contribution is -2.26. The molecule has 1 saturated heterocycles. The molecule has 0 radical (unpaired) electrons. The van der Waals surface area contributed by atoms with Crippen molar-refractivity contribution in [3.63, 3.8) is 0 Å². The van der Waals surface area contributed by atoms with Crippen molar-refractivity contribution in [3.8, 4) is 11.4 Å². The van der Waals surface area contributed by atoms with E-state index in [1.807, 2.05) is 31.6 Å². The largest absolute Gasteiger partial charge is 0.417 e. The molecule has 0 unspecified atom stereocenters. The summed E-state index contributed by atoms with van der Waals surface area (Å²) in [6.07, 6.45) is 3.75. The number of rotatable bonds is 4. The third kappa shape index (κ3) is 4.68. The van der Waals surface area contributed by atoms with Gasteiger partial charge in [0.2, 0.25) is 0 Å². The van der Waals surface area contributed by atoms with E-state index in [9.17, 15) is 13.2 Å². The Morgan fingerprint density at radius 1 is 0.973 bits per heavy atom. The Balaban J connectivity index is 1.40. The second-order valence-electron chi connectivity index (χ2n) is 10.0. The van der Waals surface area contributed by atoms with Crippen LogP contribution in [0.3, 0.4) is 0 Å². The smallest absolute Gasteiger partial charge is 0.370 e. The summed E-state index contributed by atoms with van der Waals surface area (Å²) in [6, 6.07) is 2.82. The van der Waals surface area contributed by atoms with Crippen LogP contribution in [0.15, 0.2) is 30.7 Å². The topological polar surface area (TPSA) is 91.5 Å². The second kappa shape index (κ2) is 8.83. The molecule has 0 spiro atoms. The summed E-state index contributed by atoms with van der Waals surface area (Å²) in [5.41, 5.74) is 3.13. The van der Waals surface area contributed by atoms with E-state index in [0.29, 0.717) is 53.0 Å². The first-order chi connectivity index (χ1) is 17.7. The molecule has 0 amide bonds. The molecule has 192 valence electrons. The van der Waals surface area contributed by atoms with E-state index in [-0.39, 0.29) is 18.1 Å². The SMILES string of the molecule is Cc1nc2nc([C@H]3C[C@@H](C)O[C@@H](c4cnn(C5CC5)c4)C3)nc(-c3ccc(C(F)(F)F)cn3)c2nc1C. The molecule has 3 atom stereocenters. The molecule has 2 fully saturated rings. The number of aromatic nitrogens is 7. The summed E-state index contributed by atoms with van der Waals surface area (Å²) in [5.74, 6) is 0.524. The highest BCUT2D eigenvalue weighted by molar-refractivity contribution is 5.85. The van der Waals surface area contributed by atoms with Gasteiger partial charge in [-0.15, -0.1) is 0 Å². The predicted molar refractivity (Wildman–Crippen MR) is 129 cm³/mol. The lowest BCUT2D eigenvalue weighted by atomic mass is 9.89. The standard InChI is InChI=1S/C26H26F3N7O/c1-13-8-16(9-21(37-13)17-10-31-36(12-17)19-5-6-19)24-34-22(20-7-4-18(11-30-20)26(27,28)29)23-25(35-24)33-15(3)14(2)32-23/h4,7,10-13,16,19,21H,5-6,8-9H2,1-3H3/t13-,16+,21-/m1/s1. The predicted octanol–water partition coefficient (Wildman–Crippen LogP) is 5.67. The van der Waals surface area contributed by atoms with Gasteiger partial charge in [0.1, 0.15) is 17.0 Å². The Bertz CT molecular complexity index is 1460. The molecule has 4 aromatic rings. The van der Waals surface area contributed by atoms with E-state index in [1.165, 1.54) is 6.07 Å². The van der Waals surface area contributed by atoms with Gasteiger partial charge in [0.25, 0.3) is 0 Å². The summed E-state index contributed by atoms with van der Waals surface area (Å²) in [5, 5.41) is 4.51. The molecular formula is C26H26F3N7O. The van der Waals surface area contributed by atoms with Crippen molar-refractivity contribution in [1.29, 1.82) is 0 Å². The Kier molecular flexibility index (Phi) is 5.70. The molecule has 1 saturated carbocycles. The number of halogens is 3. The van der Waals surface area contributed by atoms with Crippen LogP contribution in [0.2, 0.25) is 0 Å². The molecule has 1 aliphatic carbocycles. The first-order valence-corrected chi connectivity index (χ1v) is 12.4. The Labute approximate surface area is 211 Å². The molecule has 0 bridgehead atoms. The molecule has 0 N–H and O–H groups in total. The molecule has 2 aliphatic rings. The van der Waals surface area contributed by atoms with Gasteiger partial charge in [0.05, 0.1) is 47.1 Å². The van der Waals surface area contributed by atoms with Gasteiger partial charge in [0.15, 0.2) is 5.65 Å². The number of alkyl halides is 3. The highest BCUT2D eigenvalue weighted by atomic mass is 19.4. The van der Waals surface area contributed by atoms with Crippen LogP contribution in [0.1, 0.15) is 79.0 Å². The summed E-state index contributed by atoms with van der Waals surface area (Å²) in [7, 11) is 0. The molecule has 11 heteroatoms. The zero-order valence-electron chi connectivity index (χ0n) is 20.7. The van der Waals surface area contributed by atoms with E-state index < -0.39 is 11.7 Å². The second-order valence-corrected chi connectivity index (χ2v) is 10.0. The molecule has 37 heavy (non-hydrogen) atoms. The van der Waals surface area contributed by atoms with Crippen molar-refractivity contribution in [2.45, 2.75) is 76.8 Å². The van der Waals surface area contributed by atoms with Crippen molar-refractivity contribution in [3.05, 3.63) is 59.1 Å². The maximum atomic E-state index is 13.1. The lowest BCUT2D eigenvalue weighted by molar-refractivity contribution is -0.137. The Morgan fingerprint density at radius 2 is 1.76 bits per heavy atom. The van der Waals surface area contributed by atoms with Gasteiger partial charge in [0, 0.05) is 23.9 Å². The minimum Gasteiger partial charge on any atom is -0.370 e. The van der Waals surface area contributed by atoms with Gasteiger partial charge in [-0.2, -0.15) is 18.3 Å². The van der Waals surface area contributed by atoms with Crippen LogP contribution in [0.4, 0.5) is 13.2 Å². The summed E-state index contributed by atoms with van der Waals surface area (Å²) in [6.45, 7) is 5.70. The fraction of sp³-hybridized carbons (Fsp3) is 0.462. The van der Waals surface area contributed by atoms with Crippen LogP contribution in [0.5, 0.6) is 0 Å². The van der Waals surface area contributed by atoms with Gasteiger partial charge in [-0.3, -0.25) is 9.67 Å². The maximum Gasteiger partial charge on any atom is 0.417 e. The molecule has 0 aromatic carbocycles. The molecule has 8 nitrogen and oxygen atoms in total. The Hall–Kier alpha value is -3.47. The summed E-state index contributed by atoms with van der Waals surface area (Å²) >= 11 is 0. The molecule has 6 rings (SSSR count). The van der Waals surface area contributed by atoms with Crippen LogP contribution < -0.4 is 0 Å². The van der Waals surface area contributed by atoms with Gasteiger partial charge < -0.3 is 4.74 Å². The maximum absolute atomic E-state index is 13.1. The first kappa shape index (κ1) is 23.9. The van der Waals surface area contributed by atoms with Crippen LogP contribution in [-0.2, 0) is 10.9 Å².